The molecule has 0 fully saturated rings. The van der Waals surface area contributed by atoms with E-state index in [9.17, 15) is 9.59 Å². The van der Waals surface area contributed by atoms with E-state index in [4.69, 9.17) is 16.3 Å². The lowest BCUT2D eigenvalue weighted by molar-refractivity contribution is -0.142. The van der Waals surface area contributed by atoms with Crippen molar-refractivity contribution < 1.29 is 14.3 Å². The Morgan fingerprint density at radius 3 is 2.35 bits per heavy atom. The Hall–Kier alpha value is -3.35. The van der Waals surface area contributed by atoms with Gasteiger partial charge >= 0.3 is 0 Å². The zero-order valence-electron chi connectivity index (χ0n) is 20.5. The highest BCUT2D eigenvalue weighted by molar-refractivity contribution is 9.10. The van der Waals surface area contributed by atoms with Crippen LogP contribution in [0.2, 0.25) is 5.02 Å². The number of nitrogens with zero attached hydrogens (tertiary/aromatic N) is 1. The first kappa shape index (κ1) is 26.7. The smallest absolute Gasteiger partial charge is 0.261 e. The molecule has 4 aromatic rings. The molecular formula is C30H28BrClN2O3. The maximum absolute atomic E-state index is 13.7. The molecule has 0 aromatic heterocycles. The lowest BCUT2D eigenvalue weighted by Gasteiger charge is -2.31. The first-order valence-corrected chi connectivity index (χ1v) is 13.3. The normalized spacial score (nSPS) is 11.6. The van der Waals surface area contributed by atoms with Gasteiger partial charge in [0.15, 0.2) is 6.61 Å². The summed E-state index contributed by atoms with van der Waals surface area (Å²) in [7, 11) is 0. The van der Waals surface area contributed by atoms with Gasteiger partial charge < -0.3 is 15.0 Å². The molecule has 0 spiro atoms. The van der Waals surface area contributed by atoms with Crippen molar-refractivity contribution in [2.24, 2.45) is 0 Å². The Bertz CT molecular complexity index is 1360. The van der Waals surface area contributed by atoms with Crippen molar-refractivity contribution in [3.63, 3.8) is 0 Å². The van der Waals surface area contributed by atoms with Crippen LogP contribution in [0.4, 0.5) is 0 Å². The number of hydrogen-bond donors (Lipinski definition) is 1. The fourth-order valence-electron chi connectivity index (χ4n) is 4.18. The molecule has 7 heteroatoms. The van der Waals surface area contributed by atoms with Crippen LogP contribution < -0.4 is 10.1 Å². The molecule has 2 amide bonds. The van der Waals surface area contributed by atoms with E-state index in [0.717, 1.165) is 26.4 Å². The molecule has 0 unspecified atom stereocenters. The number of nitrogens with one attached hydrogen (secondary N) is 1. The largest absolute Gasteiger partial charge is 0.483 e. The number of carbonyl (C=O) groups is 2. The zero-order chi connectivity index (χ0) is 26.2. The molecule has 0 radical (unpaired) electrons. The van der Waals surface area contributed by atoms with Crippen molar-refractivity contribution in [2.75, 3.05) is 13.2 Å². The SMILES string of the molecule is CCNC(=O)[C@@H](Cc1ccccc1)N(Cc1ccc(Cl)cc1)C(=O)COc1ccc2ccccc2c1Br. The van der Waals surface area contributed by atoms with Crippen molar-refractivity contribution >= 4 is 50.1 Å². The summed E-state index contributed by atoms with van der Waals surface area (Å²) in [6.45, 7) is 2.36. The molecule has 4 rings (SSSR count). The minimum atomic E-state index is -0.714. The predicted octanol–water partition coefficient (Wildman–Crippen LogP) is 6.41. The Morgan fingerprint density at radius 1 is 0.919 bits per heavy atom. The fraction of sp³-hybridized carbons (Fsp3) is 0.200. The number of benzene rings is 4. The van der Waals surface area contributed by atoms with Crippen LogP contribution in [0.3, 0.4) is 0 Å². The first-order chi connectivity index (χ1) is 18.0. The summed E-state index contributed by atoms with van der Waals surface area (Å²) in [4.78, 5) is 28.5. The maximum atomic E-state index is 13.7. The maximum Gasteiger partial charge on any atom is 0.261 e. The number of hydrogen-bond acceptors (Lipinski definition) is 3. The summed E-state index contributed by atoms with van der Waals surface area (Å²) in [6, 6.07) is 28.0. The molecule has 0 aliphatic heterocycles. The molecule has 4 aromatic carbocycles. The van der Waals surface area contributed by atoms with Crippen LogP contribution in [0.1, 0.15) is 18.1 Å². The third kappa shape index (κ3) is 6.90. The van der Waals surface area contributed by atoms with Crippen molar-refractivity contribution in [2.45, 2.75) is 25.9 Å². The fourth-order valence-corrected chi connectivity index (χ4v) is 4.91. The van der Waals surface area contributed by atoms with E-state index in [2.05, 4.69) is 21.2 Å². The second-order valence-electron chi connectivity index (χ2n) is 8.64. The monoisotopic (exact) mass is 578 g/mol. The molecule has 0 aliphatic carbocycles. The van der Waals surface area contributed by atoms with Gasteiger partial charge in [-0.2, -0.15) is 0 Å². The summed E-state index contributed by atoms with van der Waals surface area (Å²) in [6.07, 6.45) is 0.381. The van der Waals surface area contributed by atoms with E-state index in [1.54, 1.807) is 17.0 Å². The Labute approximate surface area is 230 Å². The van der Waals surface area contributed by atoms with Crippen LogP contribution in [-0.2, 0) is 22.6 Å². The zero-order valence-corrected chi connectivity index (χ0v) is 22.8. The number of halogens is 2. The van der Waals surface area contributed by atoms with Gasteiger partial charge in [0.25, 0.3) is 5.91 Å². The van der Waals surface area contributed by atoms with E-state index < -0.39 is 6.04 Å². The van der Waals surface area contributed by atoms with Gasteiger partial charge in [0.05, 0.1) is 4.47 Å². The molecule has 5 nitrogen and oxygen atoms in total. The van der Waals surface area contributed by atoms with Crippen molar-refractivity contribution in [3.8, 4) is 5.75 Å². The molecule has 190 valence electrons. The molecule has 0 heterocycles. The average molecular weight is 580 g/mol. The van der Waals surface area contributed by atoms with E-state index in [1.165, 1.54) is 0 Å². The van der Waals surface area contributed by atoms with Gasteiger partial charge in [0, 0.05) is 24.5 Å². The first-order valence-electron chi connectivity index (χ1n) is 12.1. The van der Waals surface area contributed by atoms with Gasteiger partial charge in [-0.05, 0) is 63.0 Å². The topological polar surface area (TPSA) is 58.6 Å². The Morgan fingerprint density at radius 2 is 1.62 bits per heavy atom. The summed E-state index contributed by atoms with van der Waals surface area (Å²) in [5.41, 5.74) is 1.83. The quantitative estimate of drug-likeness (QED) is 0.236. The van der Waals surface area contributed by atoms with Crippen molar-refractivity contribution in [1.82, 2.24) is 10.2 Å². The molecule has 0 saturated carbocycles. The van der Waals surface area contributed by atoms with Gasteiger partial charge in [-0.3, -0.25) is 9.59 Å². The summed E-state index contributed by atoms with van der Waals surface area (Å²) in [5.74, 6) is 0.0684. The lowest BCUT2D eigenvalue weighted by atomic mass is 10.0. The lowest BCUT2D eigenvalue weighted by Crippen LogP contribution is -2.51. The number of fused-ring (bicyclic) bond motifs is 1. The molecule has 1 N–H and O–H groups in total. The molecule has 0 aliphatic rings. The van der Waals surface area contributed by atoms with E-state index >= 15 is 0 Å². The molecular weight excluding hydrogens is 552 g/mol. The van der Waals surface area contributed by atoms with Gasteiger partial charge in [-0.25, -0.2) is 0 Å². The van der Waals surface area contributed by atoms with Crippen LogP contribution >= 0.6 is 27.5 Å². The van der Waals surface area contributed by atoms with Gasteiger partial charge in [0.2, 0.25) is 5.91 Å². The van der Waals surface area contributed by atoms with Crippen LogP contribution in [0.25, 0.3) is 10.8 Å². The molecule has 1 atom stereocenters. The van der Waals surface area contributed by atoms with E-state index in [1.807, 2.05) is 85.8 Å². The standard InChI is InChI=1S/C30H28BrClN2O3/c1-2-33-30(36)26(18-21-8-4-3-5-9-21)34(19-22-12-15-24(32)16-13-22)28(35)20-37-27-17-14-23-10-6-7-11-25(23)29(27)31/h3-17,26H,2,18-20H2,1H3,(H,33,36)/t26-/m1/s1. The van der Waals surface area contributed by atoms with Crippen LogP contribution in [0.15, 0.2) is 95.5 Å². The summed E-state index contributed by atoms with van der Waals surface area (Å²) >= 11 is 9.70. The number of ether oxygens (including phenoxy) is 1. The number of carbonyl (C=O) groups excluding carboxylic acids is 2. The molecule has 0 saturated heterocycles. The van der Waals surface area contributed by atoms with E-state index in [0.29, 0.717) is 23.7 Å². The van der Waals surface area contributed by atoms with Gasteiger partial charge in [-0.1, -0.05) is 84.4 Å². The summed E-state index contributed by atoms with van der Waals surface area (Å²) in [5, 5.41) is 5.57. The summed E-state index contributed by atoms with van der Waals surface area (Å²) < 4.78 is 6.78. The second-order valence-corrected chi connectivity index (χ2v) is 9.87. The van der Waals surface area contributed by atoms with Crippen molar-refractivity contribution in [3.05, 3.63) is 112 Å². The number of rotatable bonds is 10. The average Bonchev–Trinajstić information content (AvgIpc) is 2.92. The highest BCUT2D eigenvalue weighted by atomic mass is 79.9. The van der Waals surface area contributed by atoms with Gasteiger partial charge in [-0.15, -0.1) is 0 Å². The highest BCUT2D eigenvalue weighted by Crippen LogP contribution is 2.33. The molecule has 0 bridgehead atoms. The highest BCUT2D eigenvalue weighted by Gasteiger charge is 2.30. The third-order valence-corrected chi connectivity index (χ3v) is 7.14. The Kier molecular flexibility index (Phi) is 9.20. The Balaban J connectivity index is 1.62. The van der Waals surface area contributed by atoms with Crippen molar-refractivity contribution in [1.29, 1.82) is 0 Å². The minimum Gasteiger partial charge on any atom is -0.483 e. The van der Waals surface area contributed by atoms with Gasteiger partial charge in [0.1, 0.15) is 11.8 Å². The number of likely N-dealkylation sites (N-methyl/N-ethyl adjacent to an activating group) is 1. The molecule has 37 heavy (non-hydrogen) atoms. The third-order valence-electron chi connectivity index (χ3n) is 6.07. The van der Waals surface area contributed by atoms with E-state index in [-0.39, 0.29) is 25.0 Å². The predicted molar refractivity (Wildman–Crippen MR) is 152 cm³/mol. The minimum absolute atomic E-state index is 0.208. The van der Waals surface area contributed by atoms with Crippen LogP contribution in [-0.4, -0.2) is 35.9 Å². The number of amides is 2. The van der Waals surface area contributed by atoms with Crippen LogP contribution in [0, 0.1) is 0 Å². The van der Waals surface area contributed by atoms with Crippen LogP contribution in [0.5, 0.6) is 5.75 Å². The second kappa shape index (κ2) is 12.7.